The van der Waals surface area contributed by atoms with Crippen LogP contribution >= 0.6 is 11.6 Å². The smallest absolute Gasteiger partial charge is 0.255 e. The summed E-state index contributed by atoms with van der Waals surface area (Å²) in [7, 11) is 0. The normalized spacial score (nSPS) is 32.8. The summed E-state index contributed by atoms with van der Waals surface area (Å²) in [4.78, 5) is 24.3. The zero-order valence-electron chi connectivity index (χ0n) is 13.2. The van der Waals surface area contributed by atoms with E-state index in [1.165, 1.54) is 10.9 Å². The number of fused-ring (bicyclic) bond motifs is 2. The number of nitrogen functional groups attached to an aromatic ring is 1. The lowest BCUT2D eigenvalue weighted by molar-refractivity contribution is -0.133. The molecule has 0 aliphatic heterocycles. The second-order valence-corrected chi connectivity index (χ2v) is 6.92. The fourth-order valence-electron chi connectivity index (χ4n) is 4.02. The van der Waals surface area contributed by atoms with Gasteiger partial charge in [0.2, 0.25) is 11.2 Å². The van der Waals surface area contributed by atoms with Gasteiger partial charge in [-0.3, -0.25) is 4.79 Å². The predicted octanol–water partition coefficient (Wildman–Crippen LogP) is -0.274. The van der Waals surface area contributed by atoms with Gasteiger partial charge in [-0.1, -0.05) is 0 Å². The molecule has 0 spiro atoms. The number of nitrogens with zero attached hydrogens (tertiary/aromatic N) is 4. The fourth-order valence-corrected chi connectivity index (χ4v) is 4.19. The molecule has 2 saturated carbocycles. The molecule has 0 bridgehead atoms. The van der Waals surface area contributed by atoms with E-state index >= 15 is 0 Å². The maximum absolute atomic E-state index is 12.4. The number of halogens is 3. The number of imidazole rings is 1. The summed E-state index contributed by atoms with van der Waals surface area (Å²) in [6.07, 6.45) is -3.79. The number of nitrogens with one attached hydrogen (secondary N) is 1. The van der Waals surface area contributed by atoms with Crippen molar-refractivity contribution in [3.63, 3.8) is 0 Å². The molecular formula is C14H15ClF2N6O3. The first-order valence-electron chi connectivity index (χ1n) is 7.85. The van der Waals surface area contributed by atoms with Gasteiger partial charge < -0.3 is 25.8 Å². The maximum atomic E-state index is 12.4. The van der Waals surface area contributed by atoms with Crippen LogP contribution < -0.4 is 11.1 Å². The van der Waals surface area contributed by atoms with Gasteiger partial charge in [-0.05, 0) is 18.0 Å². The first kappa shape index (κ1) is 17.3. The first-order chi connectivity index (χ1) is 12.3. The van der Waals surface area contributed by atoms with Gasteiger partial charge in [0.1, 0.15) is 11.6 Å². The third-order valence-corrected chi connectivity index (χ3v) is 5.42. The summed E-state index contributed by atoms with van der Waals surface area (Å²) >= 11 is 5.83. The second kappa shape index (κ2) is 5.69. The van der Waals surface area contributed by atoms with E-state index in [0.717, 1.165) is 0 Å². The van der Waals surface area contributed by atoms with E-state index in [1.807, 2.05) is 0 Å². The number of rotatable bonds is 4. The maximum Gasteiger partial charge on any atom is 0.255 e. The Morgan fingerprint density at radius 1 is 1.50 bits per heavy atom. The zero-order valence-corrected chi connectivity index (χ0v) is 13.9. The molecule has 2 aromatic rings. The van der Waals surface area contributed by atoms with Crippen molar-refractivity contribution in [2.24, 2.45) is 11.3 Å². The molecule has 2 fully saturated rings. The lowest BCUT2D eigenvalue weighted by Crippen LogP contribution is -2.43. The van der Waals surface area contributed by atoms with E-state index in [-0.39, 0.29) is 28.7 Å². The van der Waals surface area contributed by atoms with Gasteiger partial charge in [-0.2, -0.15) is 9.97 Å². The molecule has 4 rings (SSSR count). The van der Waals surface area contributed by atoms with Crippen LogP contribution in [0.3, 0.4) is 0 Å². The molecule has 9 nitrogen and oxygen atoms in total. The van der Waals surface area contributed by atoms with E-state index in [4.69, 9.17) is 17.3 Å². The molecule has 2 aromatic heterocycles. The highest BCUT2D eigenvalue weighted by molar-refractivity contribution is 6.28. The average Bonchev–Trinajstić information content (AvgIpc) is 3.11. The van der Waals surface area contributed by atoms with Crippen LogP contribution in [0, 0.1) is 11.3 Å². The molecule has 2 aliphatic carbocycles. The number of hydrogen-bond acceptors (Lipinski definition) is 7. The van der Waals surface area contributed by atoms with E-state index in [1.54, 1.807) is 0 Å². The zero-order chi connectivity index (χ0) is 18.8. The van der Waals surface area contributed by atoms with Crippen LogP contribution in [0.15, 0.2) is 6.33 Å². The summed E-state index contributed by atoms with van der Waals surface area (Å²) in [6, 6.07) is -0.724. The Morgan fingerprint density at radius 2 is 2.23 bits per heavy atom. The monoisotopic (exact) mass is 388 g/mol. The highest BCUT2D eigenvalue weighted by Crippen LogP contribution is 2.67. The summed E-state index contributed by atoms with van der Waals surface area (Å²) in [5, 5.41) is 22.9. The van der Waals surface area contributed by atoms with Crippen LogP contribution in [0.5, 0.6) is 0 Å². The summed E-state index contributed by atoms with van der Waals surface area (Å²) in [5.41, 5.74) is 4.99. The van der Waals surface area contributed by atoms with Crippen LogP contribution in [0.4, 0.5) is 14.6 Å². The highest BCUT2D eigenvalue weighted by atomic mass is 35.5. The van der Waals surface area contributed by atoms with Gasteiger partial charge in [-0.25, -0.2) is 13.8 Å². The molecule has 2 aliphatic rings. The van der Waals surface area contributed by atoms with Gasteiger partial charge in [0, 0.05) is 5.92 Å². The number of carbonyl (C=O) groups excluding carboxylic acids is 1. The molecule has 0 saturated heterocycles. The van der Waals surface area contributed by atoms with Gasteiger partial charge in [0.15, 0.2) is 11.5 Å². The van der Waals surface area contributed by atoms with Crippen molar-refractivity contribution in [3.05, 3.63) is 11.6 Å². The first-order valence-corrected chi connectivity index (χ1v) is 8.23. The highest BCUT2D eigenvalue weighted by Gasteiger charge is 2.75. The number of alkyl halides is 2. The van der Waals surface area contributed by atoms with E-state index < -0.39 is 48.5 Å². The summed E-state index contributed by atoms with van der Waals surface area (Å²) < 4.78 is 26.2. The second-order valence-electron chi connectivity index (χ2n) is 6.58. The molecule has 26 heavy (non-hydrogen) atoms. The minimum absolute atomic E-state index is 0.0588. The molecule has 1 amide bonds. The number of hydrogen-bond donors (Lipinski definition) is 4. The Bertz CT molecular complexity index is 895. The Morgan fingerprint density at radius 3 is 2.92 bits per heavy atom. The minimum atomic E-state index is -2.70. The molecule has 12 heteroatoms. The predicted molar refractivity (Wildman–Crippen MR) is 85.3 cm³/mol. The topological polar surface area (TPSA) is 139 Å². The fraction of sp³-hybridized carbons (Fsp3) is 0.571. The van der Waals surface area contributed by atoms with Gasteiger partial charge in [0.25, 0.3) is 6.43 Å². The summed E-state index contributed by atoms with van der Waals surface area (Å²) in [5.74, 6) is -1.10. The molecule has 2 heterocycles. The number of carbonyl (C=O) groups is 1. The molecule has 0 aromatic carbocycles. The van der Waals surface area contributed by atoms with E-state index in [9.17, 15) is 23.8 Å². The van der Waals surface area contributed by atoms with Crippen molar-refractivity contribution in [3.8, 4) is 0 Å². The third-order valence-electron chi connectivity index (χ3n) is 5.25. The number of aromatic nitrogens is 4. The van der Waals surface area contributed by atoms with E-state index in [2.05, 4.69) is 20.3 Å². The van der Waals surface area contributed by atoms with Gasteiger partial charge >= 0.3 is 0 Å². The summed E-state index contributed by atoms with van der Waals surface area (Å²) in [6.45, 7) is -0.811. The van der Waals surface area contributed by atoms with Crippen LogP contribution in [0.25, 0.3) is 11.2 Å². The van der Waals surface area contributed by atoms with Crippen LogP contribution in [0.1, 0.15) is 12.5 Å². The van der Waals surface area contributed by atoms with E-state index in [0.29, 0.717) is 0 Å². The molecular weight excluding hydrogens is 374 g/mol. The lowest BCUT2D eigenvalue weighted by Gasteiger charge is -2.23. The number of anilines is 1. The molecule has 0 unspecified atom stereocenters. The Hall–Kier alpha value is -2.11. The van der Waals surface area contributed by atoms with Crippen molar-refractivity contribution in [2.75, 3.05) is 12.3 Å². The van der Waals surface area contributed by atoms with Crippen molar-refractivity contribution in [2.45, 2.75) is 31.1 Å². The molecule has 140 valence electrons. The Kier molecular flexibility index (Phi) is 3.79. The quantitative estimate of drug-likeness (QED) is 0.528. The van der Waals surface area contributed by atoms with Crippen LogP contribution in [-0.4, -0.2) is 60.8 Å². The molecule has 5 atom stereocenters. The Labute approximate surface area is 150 Å². The van der Waals surface area contributed by atoms with Crippen LogP contribution in [-0.2, 0) is 4.79 Å². The van der Waals surface area contributed by atoms with Gasteiger partial charge in [0.05, 0.1) is 30.4 Å². The Balaban J connectivity index is 1.69. The minimum Gasteiger partial charge on any atom is -0.389 e. The lowest BCUT2D eigenvalue weighted by atomic mass is 9.98. The SMILES string of the molecule is Nc1nc(Cl)nc2c1ncn2[C@H]1[C@H](O)[C@H](O)[C@]2(C(=O)NCC(F)F)C[C@H]12. The van der Waals surface area contributed by atoms with Crippen molar-refractivity contribution in [1.82, 2.24) is 24.8 Å². The number of aliphatic hydroxyl groups is 2. The standard InChI is InChI=1S/C14H15ClF2N6O3/c15-13-21-10(18)6-11(22-13)23(3-20-6)7-4-1-14(4,9(25)8(7)24)12(26)19-2-5(16)17/h3-5,7-9,24-25H,1-2H2,(H,19,26)(H2,18,21,22)/t4-,7-,8+,9+,14+/m1/s1. The third kappa shape index (κ3) is 2.27. The largest absolute Gasteiger partial charge is 0.389 e. The van der Waals surface area contributed by atoms with Crippen molar-refractivity contribution in [1.29, 1.82) is 0 Å². The number of aliphatic hydroxyl groups excluding tert-OH is 2. The average molecular weight is 389 g/mol. The van der Waals surface area contributed by atoms with Crippen molar-refractivity contribution < 1.29 is 23.8 Å². The number of nitrogens with two attached hydrogens (primary N) is 1. The van der Waals surface area contributed by atoms with Gasteiger partial charge in [-0.15, -0.1) is 0 Å². The molecule has 5 N–H and O–H groups in total. The molecule has 0 radical (unpaired) electrons. The van der Waals surface area contributed by atoms with Crippen LogP contribution in [0.2, 0.25) is 5.28 Å². The number of amides is 1. The van der Waals surface area contributed by atoms with Crippen molar-refractivity contribution >= 4 is 34.5 Å².